The number of ether oxygens (including phenoxy) is 1. The molecule has 2 heteroatoms. The minimum Gasteiger partial charge on any atom is -0.489 e. The van der Waals surface area contributed by atoms with Crippen LogP contribution in [0.2, 0.25) is 0 Å². The summed E-state index contributed by atoms with van der Waals surface area (Å²) in [5.41, 5.74) is 0.527. The number of aliphatic hydroxyl groups is 1. The molecule has 0 fully saturated rings. The third-order valence-corrected chi connectivity index (χ3v) is 2.04. The Balaban J connectivity index is 2.87. The molecule has 0 bridgehead atoms. The standard InChI is InChI=1S/C8H14O2/c1-5-6(2)10-8(3,4)7(5)9/h7,9H,1-4H3. The van der Waals surface area contributed by atoms with Gasteiger partial charge < -0.3 is 9.84 Å². The average Bonchev–Trinajstić information content (AvgIpc) is 1.95. The topological polar surface area (TPSA) is 29.5 Å². The van der Waals surface area contributed by atoms with Crippen molar-refractivity contribution in [2.45, 2.75) is 39.4 Å². The van der Waals surface area contributed by atoms with Crippen LogP contribution in [0.3, 0.4) is 0 Å². The van der Waals surface area contributed by atoms with Crippen molar-refractivity contribution in [2.24, 2.45) is 0 Å². The summed E-state index contributed by atoms with van der Waals surface area (Å²) in [5.74, 6) is 0.859. The minimum atomic E-state index is -0.438. The predicted molar refractivity (Wildman–Crippen MR) is 39.5 cm³/mol. The zero-order chi connectivity index (χ0) is 7.94. The van der Waals surface area contributed by atoms with Crippen molar-refractivity contribution in [3.8, 4) is 0 Å². The summed E-state index contributed by atoms with van der Waals surface area (Å²) in [6.45, 7) is 7.55. The van der Waals surface area contributed by atoms with E-state index >= 15 is 0 Å². The van der Waals surface area contributed by atoms with Gasteiger partial charge in [-0.25, -0.2) is 0 Å². The number of rotatable bonds is 0. The third kappa shape index (κ3) is 0.926. The van der Waals surface area contributed by atoms with Gasteiger partial charge >= 0.3 is 0 Å². The van der Waals surface area contributed by atoms with E-state index in [-0.39, 0.29) is 0 Å². The first-order valence-corrected chi connectivity index (χ1v) is 3.49. The number of allylic oxidation sites excluding steroid dienone is 1. The van der Waals surface area contributed by atoms with Gasteiger partial charge in [0.25, 0.3) is 0 Å². The first kappa shape index (κ1) is 7.61. The van der Waals surface area contributed by atoms with Gasteiger partial charge in [-0.1, -0.05) is 0 Å². The lowest BCUT2D eigenvalue weighted by Gasteiger charge is -2.23. The predicted octanol–water partition coefficient (Wildman–Crippen LogP) is 1.45. The van der Waals surface area contributed by atoms with Crippen molar-refractivity contribution in [3.05, 3.63) is 11.3 Å². The fraction of sp³-hybridized carbons (Fsp3) is 0.750. The van der Waals surface area contributed by atoms with Gasteiger partial charge in [0.2, 0.25) is 0 Å². The van der Waals surface area contributed by atoms with Crippen molar-refractivity contribution in [1.29, 1.82) is 0 Å². The maximum Gasteiger partial charge on any atom is 0.133 e. The lowest BCUT2D eigenvalue weighted by Crippen LogP contribution is -2.33. The minimum absolute atomic E-state index is 0.422. The average molecular weight is 142 g/mol. The van der Waals surface area contributed by atoms with Gasteiger partial charge in [-0.3, -0.25) is 0 Å². The van der Waals surface area contributed by atoms with E-state index in [9.17, 15) is 5.11 Å². The Morgan fingerprint density at radius 2 is 1.90 bits per heavy atom. The third-order valence-electron chi connectivity index (χ3n) is 2.04. The molecular formula is C8H14O2. The summed E-state index contributed by atoms with van der Waals surface area (Å²) < 4.78 is 5.40. The molecule has 0 aromatic heterocycles. The second-order valence-corrected chi connectivity index (χ2v) is 3.35. The van der Waals surface area contributed by atoms with E-state index in [0.29, 0.717) is 0 Å². The fourth-order valence-electron chi connectivity index (χ4n) is 1.24. The van der Waals surface area contributed by atoms with Gasteiger partial charge in [0.15, 0.2) is 0 Å². The molecule has 58 valence electrons. The monoisotopic (exact) mass is 142 g/mol. The van der Waals surface area contributed by atoms with Crippen molar-refractivity contribution in [2.75, 3.05) is 0 Å². The molecule has 1 atom stereocenters. The molecule has 0 aliphatic carbocycles. The molecule has 0 amide bonds. The Labute approximate surface area is 61.5 Å². The quantitative estimate of drug-likeness (QED) is 0.554. The Morgan fingerprint density at radius 3 is 2.00 bits per heavy atom. The van der Waals surface area contributed by atoms with E-state index < -0.39 is 11.7 Å². The number of aliphatic hydroxyl groups excluding tert-OH is 1. The molecule has 1 aliphatic rings. The van der Waals surface area contributed by atoms with Gasteiger partial charge in [0.1, 0.15) is 11.7 Å². The van der Waals surface area contributed by atoms with E-state index in [1.807, 2.05) is 27.7 Å². The molecule has 1 N–H and O–H groups in total. The molecule has 0 aromatic carbocycles. The number of hydrogen-bond donors (Lipinski definition) is 1. The van der Waals surface area contributed by atoms with E-state index in [1.165, 1.54) is 0 Å². The molecule has 0 saturated heterocycles. The van der Waals surface area contributed by atoms with Crippen LogP contribution in [0.25, 0.3) is 0 Å². The van der Waals surface area contributed by atoms with Crippen molar-refractivity contribution in [1.82, 2.24) is 0 Å². The van der Waals surface area contributed by atoms with E-state index in [4.69, 9.17) is 4.74 Å². The van der Waals surface area contributed by atoms with Crippen LogP contribution in [0.4, 0.5) is 0 Å². The Kier molecular flexibility index (Phi) is 1.51. The fourth-order valence-corrected chi connectivity index (χ4v) is 1.24. The molecule has 0 saturated carbocycles. The molecular weight excluding hydrogens is 128 g/mol. The molecule has 10 heavy (non-hydrogen) atoms. The van der Waals surface area contributed by atoms with Crippen LogP contribution in [-0.2, 0) is 4.74 Å². The summed E-state index contributed by atoms with van der Waals surface area (Å²) >= 11 is 0. The molecule has 2 nitrogen and oxygen atoms in total. The SMILES string of the molecule is CC1=C(C)C(O)C(C)(C)O1. The highest BCUT2D eigenvalue weighted by molar-refractivity contribution is 5.19. The Hall–Kier alpha value is -0.500. The molecule has 0 aromatic rings. The van der Waals surface area contributed by atoms with Gasteiger partial charge in [-0.05, 0) is 33.3 Å². The molecule has 0 spiro atoms. The van der Waals surface area contributed by atoms with E-state index in [2.05, 4.69) is 0 Å². The molecule has 1 rings (SSSR count). The molecule has 0 radical (unpaired) electrons. The first-order chi connectivity index (χ1) is 4.45. The first-order valence-electron chi connectivity index (χ1n) is 3.49. The summed E-state index contributed by atoms with van der Waals surface area (Å²) in [5, 5.41) is 9.51. The highest BCUT2D eigenvalue weighted by Crippen LogP contribution is 2.32. The molecule has 1 unspecified atom stereocenters. The maximum absolute atomic E-state index is 9.51. The van der Waals surface area contributed by atoms with Crippen LogP contribution in [-0.4, -0.2) is 16.8 Å². The van der Waals surface area contributed by atoms with Crippen LogP contribution in [0.15, 0.2) is 11.3 Å². The second kappa shape index (κ2) is 1.99. The van der Waals surface area contributed by atoms with Crippen LogP contribution >= 0.6 is 0 Å². The summed E-state index contributed by atoms with van der Waals surface area (Å²) in [7, 11) is 0. The highest BCUT2D eigenvalue weighted by Gasteiger charge is 2.37. The van der Waals surface area contributed by atoms with Crippen LogP contribution in [0, 0.1) is 0 Å². The van der Waals surface area contributed by atoms with Gasteiger partial charge in [0, 0.05) is 0 Å². The normalized spacial score (nSPS) is 30.7. The summed E-state index contributed by atoms with van der Waals surface area (Å²) in [4.78, 5) is 0. The zero-order valence-electron chi connectivity index (χ0n) is 6.93. The Bertz CT molecular complexity index is 180. The smallest absolute Gasteiger partial charge is 0.133 e. The van der Waals surface area contributed by atoms with Gasteiger partial charge in [-0.15, -0.1) is 0 Å². The Morgan fingerprint density at radius 1 is 1.40 bits per heavy atom. The summed E-state index contributed by atoms with van der Waals surface area (Å²) in [6, 6.07) is 0. The lowest BCUT2D eigenvalue weighted by atomic mass is 9.98. The largest absolute Gasteiger partial charge is 0.489 e. The van der Waals surface area contributed by atoms with Crippen molar-refractivity contribution in [3.63, 3.8) is 0 Å². The van der Waals surface area contributed by atoms with Crippen molar-refractivity contribution >= 4 is 0 Å². The van der Waals surface area contributed by atoms with E-state index in [0.717, 1.165) is 11.3 Å². The van der Waals surface area contributed by atoms with E-state index in [1.54, 1.807) is 0 Å². The molecule has 1 heterocycles. The second-order valence-electron chi connectivity index (χ2n) is 3.35. The number of hydrogen-bond acceptors (Lipinski definition) is 2. The van der Waals surface area contributed by atoms with Crippen LogP contribution in [0.5, 0.6) is 0 Å². The maximum atomic E-state index is 9.51. The lowest BCUT2D eigenvalue weighted by molar-refractivity contribution is -0.0206. The highest BCUT2D eigenvalue weighted by atomic mass is 16.5. The van der Waals surface area contributed by atoms with Gasteiger partial charge in [-0.2, -0.15) is 0 Å². The molecule has 1 aliphatic heterocycles. The van der Waals surface area contributed by atoms with Crippen molar-refractivity contribution < 1.29 is 9.84 Å². The zero-order valence-corrected chi connectivity index (χ0v) is 6.93. The van der Waals surface area contributed by atoms with Gasteiger partial charge in [0.05, 0.1) is 5.76 Å². The summed E-state index contributed by atoms with van der Waals surface area (Å²) in [6.07, 6.45) is -0.438. The van der Waals surface area contributed by atoms with Crippen LogP contribution in [0.1, 0.15) is 27.7 Å². The van der Waals surface area contributed by atoms with Crippen LogP contribution < -0.4 is 0 Å².